The van der Waals surface area contributed by atoms with E-state index in [9.17, 15) is 8.94 Å². The smallest absolute Gasteiger partial charge is 0.227 e. The Labute approximate surface area is 201 Å². The van der Waals surface area contributed by atoms with Gasteiger partial charge in [-0.2, -0.15) is 4.98 Å². The van der Waals surface area contributed by atoms with Crippen LogP contribution in [-0.4, -0.2) is 33.4 Å². The molecule has 1 atom stereocenters. The lowest BCUT2D eigenvalue weighted by Crippen LogP contribution is -2.34. The Hall–Kier alpha value is -3.16. The minimum atomic E-state index is -1.14. The van der Waals surface area contributed by atoms with E-state index >= 15 is 0 Å². The summed E-state index contributed by atoms with van der Waals surface area (Å²) >= 11 is -1.14. The maximum atomic E-state index is 13.7. The number of benzene rings is 3. The number of hydrogen-bond acceptors (Lipinski definition) is 5. The van der Waals surface area contributed by atoms with E-state index < -0.39 is 11.2 Å². The molecule has 0 spiro atoms. The molecule has 0 saturated carbocycles. The van der Waals surface area contributed by atoms with Crippen LogP contribution in [0.25, 0.3) is 10.8 Å². The SMILES string of the molecule is [O-][S+]1CCc2nc(N3CCC(c4ccc5ccccc5c4)CC3)nc(Nc3cccc(F)c3)c21. The Morgan fingerprint density at radius 3 is 2.59 bits per heavy atom. The van der Waals surface area contributed by atoms with Gasteiger partial charge >= 0.3 is 0 Å². The van der Waals surface area contributed by atoms with Crippen LogP contribution in [0.1, 0.15) is 30.0 Å². The van der Waals surface area contributed by atoms with Gasteiger partial charge < -0.3 is 14.8 Å². The van der Waals surface area contributed by atoms with Gasteiger partial charge in [-0.1, -0.05) is 48.5 Å². The van der Waals surface area contributed by atoms with E-state index in [1.807, 2.05) is 0 Å². The van der Waals surface area contributed by atoms with Crippen LogP contribution >= 0.6 is 0 Å². The molecule has 1 unspecified atom stereocenters. The largest absolute Gasteiger partial charge is 0.611 e. The first-order valence-electron chi connectivity index (χ1n) is 11.7. The molecule has 6 rings (SSSR count). The van der Waals surface area contributed by atoms with Gasteiger partial charge in [-0.15, -0.1) is 0 Å². The lowest BCUT2D eigenvalue weighted by Gasteiger charge is -2.32. The number of hydrogen-bond donors (Lipinski definition) is 1. The summed E-state index contributed by atoms with van der Waals surface area (Å²) in [5, 5.41) is 5.75. The summed E-state index contributed by atoms with van der Waals surface area (Å²) in [6, 6.07) is 21.5. The Bertz CT molecular complexity index is 1360. The number of fused-ring (bicyclic) bond motifs is 2. The highest BCUT2D eigenvalue weighted by molar-refractivity contribution is 7.91. The van der Waals surface area contributed by atoms with Crippen molar-refractivity contribution >= 4 is 39.4 Å². The third kappa shape index (κ3) is 4.10. The third-order valence-corrected chi connectivity index (χ3v) is 8.25. The molecule has 4 aromatic rings. The maximum Gasteiger partial charge on any atom is 0.227 e. The van der Waals surface area contributed by atoms with Crippen LogP contribution in [0.15, 0.2) is 71.6 Å². The van der Waals surface area contributed by atoms with Gasteiger partial charge in [0.25, 0.3) is 0 Å². The molecule has 0 amide bonds. The zero-order valence-corrected chi connectivity index (χ0v) is 19.5. The van der Waals surface area contributed by atoms with Gasteiger partial charge in [0, 0.05) is 25.2 Å². The fourth-order valence-corrected chi connectivity index (χ4v) is 6.29. The van der Waals surface area contributed by atoms with Crippen LogP contribution in [0.3, 0.4) is 0 Å². The molecule has 3 aromatic carbocycles. The van der Waals surface area contributed by atoms with Gasteiger partial charge in [0.05, 0.1) is 0 Å². The second kappa shape index (κ2) is 8.89. The summed E-state index contributed by atoms with van der Waals surface area (Å²) in [7, 11) is 0. The highest BCUT2D eigenvalue weighted by Gasteiger charge is 2.33. The molecule has 7 heteroatoms. The van der Waals surface area contributed by atoms with Crippen molar-refractivity contribution in [3.63, 3.8) is 0 Å². The zero-order valence-electron chi connectivity index (χ0n) is 18.7. The van der Waals surface area contributed by atoms with E-state index in [1.54, 1.807) is 12.1 Å². The zero-order chi connectivity index (χ0) is 23.1. The summed E-state index contributed by atoms with van der Waals surface area (Å²) in [5.74, 6) is 1.92. The lowest BCUT2D eigenvalue weighted by molar-refractivity contribution is 0.499. The van der Waals surface area contributed by atoms with Crippen molar-refractivity contribution in [2.24, 2.45) is 0 Å². The van der Waals surface area contributed by atoms with E-state index in [0.29, 0.717) is 40.4 Å². The van der Waals surface area contributed by atoms with Crippen molar-refractivity contribution in [3.8, 4) is 0 Å². The van der Waals surface area contributed by atoms with Crippen molar-refractivity contribution in [1.82, 2.24) is 9.97 Å². The molecule has 172 valence electrons. The second-order valence-corrected chi connectivity index (χ2v) is 10.5. The van der Waals surface area contributed by atoms with Gasteiger partial charge in [-0.25, -0.2) is 9.37 Å². The molecule has 0 bridgehead atoms. The van der Waals surface area contributed by atoms with E-state index in [4.69, 9.17) is 9.97 Å². The molecule has 0 radical (unpaired) electrons. The number of piperidine rings is 1. The normalized spacial score (nSPS) is 18.3. The summed E-state index contributed by atoms with van der Waals surface area (Å²) < 4.78 is 26.3. The van der Waals surface area contributed by atoms with Crippen LogP contribution in [0, 0.1) is 5.82 Å². The molecule has 1 saturated heterocycles. The molecule has 0 aliphatic carbocycles. The molecule has 1 fully saturated rings. The molecule has 2 aliphatic heterocycles. The van der Waals surface area contributed by atoms with E-state index in [-0.39, 0.29) is 5.82 Å². The predicted octanol–water partition coefficient (Wildman–Crippen LogP) is 5.56. The standard InChI is InChI=1S/C27H25FN4OS/c28-22-6-3-7-23(17-22)29-26-25-24(12-15-34(25)33)30-27(31-26)32-13-10-19(11-14-32)21-9-8-18-4-1-2-5-20(18)16-21/h1-9,16-17,19H,10-15H2,(H,29,30,31). The van der Waals surface area contributed by atoms with Crippen LogP contribution in [0.4, 0.5) is 21.8 Å². The van der Waals surface area contributed by atoms with Gasteiger partial charge in [0.15, 0.2) is 5.82 Å². The molecule has 1 N–H and O–H groups in total. The summed E-state index contributed by atoms with van der Waals surface area (Å²) in [6.07, 6.45) is 2.72. The average molecular weight is 473 g/mol. The predicted molar refractivity (Wildman–Crippen MR) is 135 cm³/mol. The molecule has 1 aromatic heterocycles. The minimum Gasteiger partial charge on any atom is -0.611 e. The van der Waals surface area contributed by atoms with E-state index in [2.05, 4.69) is 52.7 Å². The van der Waals surface area contributed by atoms with Crippen LogP contribution < -0.4 is 10.2 Å². The van der Waals surface area contributed by atoms with Gasteiger partial charge in [0.2, 0.25) is 10.8 Å². The van der Waals surface area contributed by atoms with Crippen molar-refractivity contribution in [3.05, 3.63) is 83.8 Å². The molecule has 34 heavy (non-hydrogen) atoms. The first kappa shape index (κ1) is 21.4. The first-order chi connectivity index (χ1) is 16.6. The molecule has 3 heterocycles. The summed E-state index contributed by atoms with van der Waals surface area (Å²) in [6.45, 7) is 1.72. The highest BCUT2D eigenvalue weighted by atomic mass is 32.2. The number of aromatic nitrogens is 2. The van der Waals surface area contributed by atoms with Crippen molar-refractivity contribution in [1.29, 1.82) is 0 Å². The Balaban J connectivity index is 1.24. The fraction of sp³-hybridized carbons (Fsp3) is 0.259. The Morgan fingerprint density at radius 2 is 1.76 bits per heavy atom. The first-order valence-corrected chi connectivity index (χ1v) is 13.0. The van der Waals surface area contributed by atoms with Crippen molar-refractivity contribution in [2.75, 3.05) is 29.1 Å². The van der Waals surface area contributed by atoms with E-state index in [0.717, 1.165) is 31.6 Å². The third-order valence-electron chi connectivity index (χ3n) is 6.79. The van der Waals surface area contributed by atoms with Gasteiger partial charge in [-0.05, 0) is 64.5 Å². The number of aryl methyl sites for hydroxylation is 1. The number of halogens is 1. The summed E-state index contributed by atoms with van der Waals surface area (Å²) in [4.78, 5) is 12.4. The minimum absolute atomic E-state index is 0.326. The monoisotopic (exact) mass is 472 g/mol. The van der Waals surface area contributed by atoms with Crippen LogP contribution in [-0.2, 0) is 17.6 Å². The summed E-state index contributed by atoms with van der Waals surface area (Å²) in [5.41, 5.74) is 2.81. The maximum absolute atomic E-state index is 13.7. The number of nitrogens with zero attached hydrogens (tertiary/aromatic N) is 3. The number of nitrogens with one attached hydrogen (secondary N) is 1. The second-order valence-electron chi connectivity index (χ2n) is 8.95. The van der Waals surface area contributed by atoms with Crippen molar-refractivity contribution < 1.29 is 8.94 Å². The molecule has 5 nitrogen and oxygen atoms in total. The molecular weight excluding hydrogens is 447 g/mol. The van der Waals surface area contributed by atoms with Crippen LogP contribution in [0.2, 0.25) is 0 Å². The van der Waals surface area contributed by atoms with Gasteiger partial charge in [-0.3, -0.25) is 0 Å². The number of rotatable bonds is 4. The molecule has 2 aliphatic rings. The topological polar surface area (TPSA) is 64.1 Å². The van der Waals surface area contributed by atoms with E-state index in [1.165, 1.54) is 28.5 Å². The van der Waals surface area contributed by atoms with Crippen molar-refractivity contribution in [2.45, 2.75) is 30.1 Å². The number of anilines is 3. The Kier molecular flexibility index (Phi) is 5.59. The quantitative estimate of drug-likeness (QED) is 0.394. The molecular formula is C27H25FN4OS. The Morgan fingerprint density at radius 1 is 0.941 bits per heavy atom. The van der Waals surface area contributed by atoms with Gasteiger partial charge in [0.1, 0.15) is 17.3 Å². The average Bonchev–Trinajstić information content (AvgIpc) is 3.25. The fourth-order valence-electron chi connectivity index (χ4n) is 4.99. The highest BCUT2D eigenvalue weighted by Crippen LogP contribution is 2.36. The lowest BCUT2D eigenvalue weighted by atomic mass is 9.88. The van der Waals surface area contributed by atoms with Crippen LogP contribution in [0.5, 0.6) is 0 Å².